The third kappa shape index (κ3) is 4.19. The maximum atomic E-state index is 10.7. The minimum absolute atomic E-state index is 0.107. The standard InChI is InChI=1S/C12H15NO6S/c1-7(14)20-6-5-10(15)12(17)8-3-2-4-9(11(8)16)13(18)19/h2-4,10,12,15-17H,5-6H2,1H3. The van der Waals surface area contributed by atoms with Gasteiger partial charge in [-0.3, -0.25) is 14.9 Å². The quantitative estimate of drug-likeness (QED) is 0.536. The molecule has 3 N–H and O–H groups in total. The third-order valence-electron chi connectivity index (χ3n) is 2.64. The van der Waals surface area contributed by atoms with Gasteiger partial charge in [-0.1, -0.05) is 23.9 Å². The number of hydrogen-bond acceptors (Lipinski definition) is 7. The van der Waals surface area contributed by atoms with Crippen molar-refractivity contribution in [3.8, 4) is 5.75 Å². The van der Waals surface area contributed by atoms with Crippen LogP contribution < -0.4 is 0 Å². The molecule has 1 aromatic rings. The van der Waals surface area contributed by atoms with Gasteiger partial charge in [0, 0.05) is 24.3 Å². The molecule has 8 heteroatoms. The van der Waals surface area contributed by atoms with Crippen molar-refractivity contribution < 1.29 is 25.0 Å². The Bertz CT molecular complexity index is 507. The van der Waals surface area contributed by atoms with Gasteiger partial charge >= 0.3 is 5.69 Å². The van der Waals surface area contributed by atoms with Crippen molar-refractivity contribution in [2.75, 3.05) is 5.75 Å². The maximum absolute atomic E-state index is 10.7. The topological polar surface area (TPSA) is 121 Å². The van der Waals surface area contributed by atoms with Crippen LogP contribution in [0.25, 0.3) is 0 Å². The molecule has 20 heavy (non-hydrogen) atoms. The molecule has 0 saturated carbocycles. The molecule has 0 aliphatic rings. The van der Waals surface area contributed by atoms with Gasteiger partial charge in [0.1, 0.15) is 6.10 Å². The smallest absolute Gasteiger partial charge is 0.311 e. The van der Waals surface area contributed by atoms with Gasteiger partial charge in [0.2, 0.25) is 0 Å². The summed E-state index contributed by atoms with van der Waals surface area (Å²) in [5.74, 6) is -0.355. The first-order valence-electron chi connectivity index (χ1n) is 5.80. The van der Waals surface area contributed by atoms with E-state index in [2.05, 4.69) is 0 Å². The number of nitrogens with zero attached hydrogens (tertiary/aromatic N) is 1. The number of thioether (sulfide) groups is 1. The van der Waals surface area contributed by atoms with E-state index < -0.39 is 28.6 Å². The zero-order valence-corrected chi connectivity index (χ0v) is 11.5. The van der Waals surface area contributed by atoms with Crippen LogP contribution in [0.2, 0.25) is 0 Å². The van der Waals surface area contributed by atoms with E-state index in [1.807, 2.05) is 0 Å². The van der Waals surface area contributed by atoms with E-state index in [1.54, 1.807) is 0 Å². The summed E-state index contributed by atoms with van der Waals surface area (Å²) in [5.41, 5.74) is -0.647. The van der Waals surface area contributed by atoms with Crippen LogP contribution in [-0.4, -0.2) is 37.2 Å². The molecule has 0 bridgehead atoms. The fraction of sp³-hybridized carbons (Fsp3) is 0.417. The third-order valence-corrected chi connectivity index (χ3v) is 3.49. The molecule has 0 saturated heterocycles. The van der Waals surface area contributed by atoms with Gasteiger partial charge in [-0.25, -0.2) is 0 Å². The summed E-state index contributed by atoms with van der Waals surface area (Å²) in [6, 6.07) is 3.71. The number of carbonyl (C=O) groups excluding carboxylic acids is 1. The van der Waals surface area contributed by atoms with Crippen LogP contribution in [0, 0.1) is 10.1 Å². The summed E-state index contributed by atoms with van der Waals surface area (Å²) >= 11 is 1.00. The van der Waals surface area contributed by atoms with Gasteiger partial charge < -0.3 is 15.3 Å². The summed E-state index contributed by atoms with van der Waals surface area (Å²) in [5, 5.41) is 40.0. The van der Waals surface area contributed by atoms with Gasteiger partial charge in [0.15, 0.2) is 10.9 Å². The van der Waals surface area contributed by atoms with Crippen molar-refractivity contribution in [3.05, 3.63) is 33.9 Å². The van der Waals surface area contributed by atoms with Crippen molar-refractivity contribution >= 4 is 22.6 Å². The number of aliphatic hydroxyl groups is 2. The molecule has 110 valence electrons. The van der Waals surface area contributed by atoms with E-state index in [0.29, 0.717) is 5.75 Å². The van der Waals surface area contributed by atoms with Crippen molar-refractivity contribution in [1.29, 1.82) is 0 Å². The molecule has 0 fully saturated rings. The van der Waals surface area contributed by atoms with Crippen LogP contribution in [-0.2, 0) is 4.79 Å². The van der Waals surface area contributed by atoms with Crippen LogP contribution in [0.4, 0.5) is 5.69 Å². The first kappa shape index (κ1) is 16.4. The van der Waals surface area contributed by atoms with Gasteiger partial charge in [-0.2, -0.15) is 0 Å². The first-order chi connectivity index (χ1) is 9.34. The Morgan fingerprint density at radius 3 is 2.65 bits per heavy atom. The molecule has 1 rings (SSSR count). The first-order valence-corrected chi connectivity index (χ1v) is 6.79. The van der Waals surface area contributed by atoms with Crippen LogP contribution in [0.1, 0.15) is 25.0 Å². The Balaban J connectivity index is 2.81. The second kappa shape index (κ2) is 7.22. The molecule has 7 nitrogen and oxygen atoms in total. The monoisotopic (exact) mass is 301 g/mol. The average molecular weight is 301 g/mol. The zero-order valence-electron chi connectivity index (χ0n) is 10.7. The Labute approximate surface area is 119 Å². The van der Waals surface area contributed by atoms with E-state index in [9.17, 15) is 30.2 Å². The van der Waals surface area contributed by atoms with E-state index in [4.69, 9.17) is 0 Å². The SMILES string of the molecule is CC(=O)SCCC(O)C(O)c1cccc([N+](=O)[O-])c1O. The number of hydrogen-bond donors (Lipinski definition) is 3. The Kier molecular flexibility index (Phi) is 5.93. The molecule has 0 aromatic heterocycles. The molecule has 2 unspecified atom stereocenters. The van der Waals surface area contributed by atoms with E-state index in [1.165, 1.54) is 19.1 Å². The normalized spacial score (nSPS) is 13.8. The van der Waals surface area contributed by atoms with Crippen molar-refractivity contribution in [1.82, 2.24) is 0 Å². The second-order valence-corrected chi connectivity index (χ2v) is 5.38. The van der Waals surface area contributed by atoms with Crippen molar-refractivity contribution in [3.63, 3.8) is 0 Å². The lowest BCUT2D eigenvalue weighted by Gasteiger charge is -2.18. The van der Waals surface area contributed by atoms with Gasteiger partial charge in [-0.05, 0) is 6.42 Å². The average Bonchev–Trinajstić information content (AvgIpc) is 2.37. The Morgan fingerprint density at radius 2 is 2.10 bits per heavy atom. The number of nitro groups is 1. The van der Waals surface area contributed by atoms with Gasteiger partial charge in [-0.15, -0.1) is 0 Å². The maximum Gasteiger partial charge on any atom is 0.311 e. The Morgan fingerprint density at radius 1 is 1.45 bits per heavy atom. The van der Waals surface area contributed by atoms with E-state index >= 15 is 0 Å². The Hall–Kier alpha value is -1.64. The highest BCUT2D eigenvalue weighted by Gasteiger charge is 2.25. The summed E-state index contributed by atoms with van der Waals surface area (Å²) in [4.78, 5) is 20.6. The van der Waals surface area contributed by atoms with Crippen LogP contribution in [0.5, 0.6) is 5.75 Å². The number of aromatic hydroxyl groups is 1. The lowest BCUT2D eigenvalue weighted by Crippen LogP contribution is -2.19. The number of phenols is 1. The number of benzene rings is 1. The van der Waals surface area contributed by atoms with Crippen molar-refractivity contribution in [2.45, 2.75) is 25.6 Å². The highest BCUT2D eigenvalue weighted by Crippen LogP contribution is 2.35. The lowest BCUT2D eigenvalue weighted by molar-refractivity contribution is -0.386. The predicted octanol–water partition coefficient (Wildman–Crippen LogP) is 1.36. The fourth-order valence-corrected chi connectivity index (χ4v) is 2.27. The molecular formula is C12H15NO6S. The number of nitro benzene ring substituents is 1. The lowest BCUT2D eigenvalue weighted by atomic mass is 10.0. The highest BCUT2D eigenvalue weighted by atomic mass is 32.2. The van der Waals surface area contributed by atoms with Crippen LogP contribution >= 0.6 is 11.8 Å². The summed E-state index contributed by atoms with van der Waals surface area (Å²) < 4.78 is 0. The highest BCUT2D eigenvalue weighted by molar-refractivity contribution is 8.13. The van der Waals surface area contributed by atoms with Crippen LogP contribution in [0.15, 0.2) is 18.2 Å². The molecular weight excluding hydrogens is 286 g/mol. The number of phenolic OH excluding ortho intramolecular Hbond substituents is 1. The largest absolute Gasteiger partial charge is 0.502 e. The van der Waals surface area contributed by atoms with E-state index in [0.717, 1.165) is 17.8 Å². The van der Waals surface area contributed by atoms with E-state index in [-0.39, 0.29) is 17.1 Å². The molecule has 0 spiro atoms. The molecule has 1 aromatic carbocycles. The zero-order chi connectivity index (χ0) is 15.3. The molecule has 0 heterocycles. The number of para-hydroxylation sites is 1. The molecule has 0 radical (unpaired) electrons. The predicted molar refractivity (Wildman–Crippen MR) is 73.5 cm³/mol. The molecule has 0 amide bonds. The minimum atomic E-state index is -1.46. The fourth-order valence-electron chi connectivity index (χ4n) is 1.62. The molecule has 0 aliphatic heterocycles. The molecule has 0 aliphatic carbocycles. The van der Waals surface area contributed by atoms with Crippen molar-refractivity contribution in [2.24, 2.45) is 0 Å². The number of carbonyl (C=O) groups is 1. The van der Waals surface area contributed by atoms with Gasteiger partial charge in [0.25, 0.3) is 0 Å². The van der Waals surface area contributed by atoms with Gasteiger partial charge in [0.05, 0.1) is 11.0 Å². The summed E-state index contributed by atoms with van der Waals surface area (Å²) in [7, 11) is 0. The summed E-state index contributed by atoms with van der Waals surface area (Å²) in [6.45, 7) is 1.39. The number of rotatable bonds is 6. The number of aliphatic hydroxyl groups excluding tert-OH is 2. The minimum Gasteiger partial charge on any atom is -0.502 e. The second-order valence-electron chi connectivity index (χ2n) is 4.11. The summed E-state index contributed by atoms with van der Waals surface area (Å²) in [6.07, 6.45) is -2.56. The molecule has 2 atom stereocenters. The van der Waals surface area contributed by atoms with Crippen LogP contribution in [0.3, 0.4) is 0 Å².